The van der Waals surface area contributed by atoms with Crippen molar-refractivity contribution in [3.63, 3.8) is 0 Å². The molecule has 0 fully saturated rings. The van der Waals surface area contributed by atoms with E-state index in [9.17, 15) is 5.11 Å². The molecule has 0 spiro atoms. The van der Waals surface area contributed by atoms with Gasteiger partial charge in [-0.15, -0.1) is 0 Å². The van der Waals surface area contributed by atoms with Crippen LogP contribution in [-0.4, -0.2) is 27.7 Å². The molecule has 6 rings (SSSR count). The molecule has 0 aliphatic carbocycles. The van der Waals surface area contributed by atoms with Gasteiger partial charge in [0.25, 0.3) is 0 Å². The zero-order valence-corrected chi connectivity index (χ0v) is 32.8. The maximum Gasteiger partial charge on any atom is 0.144 e. The Labute approximate surface area is 300 Å². The number of phenols is 1. The first-order valence-corrected chi connectivity index (χ1v) is 21.5. The molecule has 0 saturated carbocycles. The summed E-state index contributed by atoms with van der Waals surface area (Å²) < 4.78 is 2.31. The highest BCUT2D eigenvalue weighted by Gasteiger charge is 2.28. The summed E-state index contributed by atoms with van der Waals surface area (Å²) >= 11 is 0. The predicted octanol–water partition coefficient (Wildman–Crippen LogP) is 11.6. The van der Waals surface area contributed by atoms with Gasteiger partial charge < -0.3 is 9.67 Å². The van der Waals surface area contributed by atoms with Gasteiger partial charge >= 0.3 is 0 Å². The van der Waals surface area contributed by atoms with E-state index in [1.165, 1.54) is 21.9 Å². The maximum absolute atomic E-state index is 11.9. The molecule has 6 aromatic rings. The highest BCUT2D eigenvalue weighted by Crippen LogP contribution is 2.43. The molecule has 0 aliphatic rings. The van der Waals surface area contributed by atoms with E-state index in [2.05, 4.69) is 177 Å². The number of imidazole rings is 1. The van der Waals surface area contributed by atoms with Crippen molar-refractivity contribution in [3.05, 3.63) is 108 Å². The van der Waals surface area contributed by atoms with Gasteiger partial charge in [0, 0.05) is 29.4 Å². The molecule has 0 unspecified atom stereocenters. The van der Waals surface area contributed by atoms with Crippen LogP contribution >= 0.6 is 0 Å². The van der Waals surface area contributed by atoms with Crippen LogP contribution in [0.4, 0.5) is 0 Å². The summed E-state index contributed by atoms with van der Waals surface area (Å²) in [5, 5.41) is 13.3. The van der Waals surface area contributed by atoms with Gasteiger partial charge in [-0.1, -0.05) is 142 Å². The smallest absolute Gasteiger partial charge is 0.144 e. The first kappa shape index (κ1) is 35.3. The van der Waals surface area contributed by atoms with Crippen LogP contribution in [0.5, 0.6) is 5.75 Å². The fourth-order valence-electron chi connectivity index (χ4n) is 6.86. The quantitative estimate of drug-likeness (QED) is 0.171. The minimum atomic E-state index is -1.65. The number of aromatic nitrogens is 3. The summed E-state index contributed by atoms with van der Waals surface area (Å²) in [6.07, 6.45) is 2.11. The number of para-hydroxylation sites is 1. The van der Waals surface area contributed by atoms with E-state index >= 15 is 0 Å². The molecule has 0 bridgehead atoms. The Morgan fingerprint density at radius 3 is 2.00 bits per heavy atom. The van der Waals surface area contributed by atoms with E-state index in [-0.39, 0.29) is 10.8 Å². The van der Waals surface area contributed by atoms with Gasteiger partial charge in [0.2, 0.25) is 0 Å². The SMILES string of the molecule is CC(C)Cn1c(-c2cc(C(C)(C)C)cc(C(C)(C)C)c2O)nc2c(-c3cccc(-c4cc(-c5ccccc5)c([Si](C)(C)C)cn4)c3)cccc21. The second kappa shape index (κ2) is 13.0. The lowest BCUT2D eigenvalue weighted by Gasteiger charge is -2.27. The van der Waals surface area contributed by atoms with Crippen LogP contribution < -0.4 is 5.19 Å². The lowest BCUT2D eigenvalue weighted by molar-refractivity contribution is 0.445. The van der Waals surface area contributed by atoms with Crippen molar-refractivity contribution in [1.82, 2.24) is 14.5 Å². The number of benzene rings is 4. The molecule has 4 aromatic carbocycles. The molecule has 0 atom stereocenters. The monoisotopic (exact) mass is 679 g/mol. The van der Waals surface area contributed by atoms with Gasteiger partial charge in [-0.05, 0) is 68.5 Å². The van der Waals surface area contributed by atoms with Crippen molar-refractivity contribution in [2.24, 2.45) is 5.92 Å². The first-order chi connectivity index (χ1) is 23.4. The van der Waals surface area contributed by atoms with E-state index < -0.39 is 8.07 Å². The first-order valence-electron chi connectivity index (χ1n) is 18.0. The van der Waals surface area contributed by atoms with E-state index in [4.69, 9.17) is 9.97 Å². The topological polar surface area (TPSA) is 50.9 Å². The molecule has 0 aliphatic heterocycles. The molecular weight excluding hydrogens is 627 g/mol. The van der Waals surface area contributed by atoms with Crippen LogP contribution in [-0.2, 0) is 17.4 Å². The number of fused-ring (bicyclic) bond motifs is 1. The largest absolute Gasteiger partial charge is 0.507 e. The third-order valence-electron chi connectivity index (χ3n) is 9.62. The molecule has 5 heteroatoms. The van der Waals surface area contributed by atoms with E-state index in [1.807, 2.05) is 0 Å². The molecule has 2 heterocycles. The van der Waals surface area contributed by atoms with Crippen LogP contribution in [0.15, 0.2) is 97.2 Å². The van der Waals surface area contributed by atoms with Crippen LogP contribution in [0.2, 0.25) is 19.6 Å². The number of phenolic OH excluding ortho intramolecular Hbond substituents is 1. The Hall–Kier alpha value is -4.48. The van der Waals surface area contributed by atoms with Crippen molar-refractivity contribution in [2.75, 3.05) is 0 Å². The summed E-state index contributed by atoms with van der Waals surface area (Å²) in [6.45, 7) is 25.6. The standard InChI is InChI=1S/C45H53N3OSi/c1-29(2)28-48-39-22-16-21-34(41(39)47-43(48)36-24-33(44(3,4)5)25-37(42(36)49)45(6,7)8)31-19-15-20-32(23-31)38-26-35(30-17-13-12-14-18-30)40(27-46-38)50(9,10)11/h12-27,29,49H,28H2,1-11H3. The zero-order chi connectivity index (χ0) is 36.2. The van der Waals surface area contributed by atoms with Crippen LogP contribution in [0.3, 0.4) is 0 Å². The maximum atomic E-state index is 11.9. The summed E-state index contributed by atoms with van der Waals surface area (Å²) in [7, 11) is -1.65. The minimum Gasteiger partial charge on any atom is -0.507 e. The zero-order valence-electron chi connectivity index (χ0n) is 31.8. The van der Waals surface area contributed by atoms with E-state index in [0.29, 0.717) is 11.7 Å². The minimum absolute atomic E-state index is 0.0926. The Kier molecular flexibility index (Phi) is 9.19. The van der Waals surface area contributed by atoms with Crippen molar-refractivity contribution in [3.8, 4) is 50.6 Å². The van der Waals surface area contributed by atoms with Gasteiger partial charge in [0.15, 0.2) is 0 Å². The molecule has 50 heavy (non-hydrogen) atoms. The lowest BCUT2D eigenvalue weighted by Crippen LogP contribution is -2.39. The third kappa shape index (κ3) is 6.93. The molecule has 1 N–H and O–H groups in total. The van der Waals surface area contributed by atoms with Crippen LogP contribution in [0.25, 0.3) is 55.9 Å². The summed E-state index contributed by atoms with van der Waals surface area (Å²) in [5.41, 5.74) is 11.3. The number of aromatic hydroxyl groups is 1. The Morgan fingerprint density at radius 1 is 0.700 bits per heavy atom. The molecular formula is C45H53N3OSi. The molecule has 0 amide bonds. The summed E-state index contributed by atoms with van der Waals surface area (Å²) in [6, 6.07) is 32.5. The Bertz CT molecular complexity index is 2170. The fourth-order valence-corrected chi connectivity index (χ4v) is 8.34. The average molecular weight is 680 g/mol. The van der Waals surface area contributed by atoms with E-state index in [0.717, 1.165) is 56.9 Å². The second-order valence-corrected chi connectivity index (χ2v) is 22.4. The molecule has 0 radical (unpaired) electrons. The Balaban J connectivity index is 1.55. The van der Waals surface area contributed by atoms with Crippen LogP contribution in [0, 0.1) is 5.92 Å². The summed E-state index contributed by atoms with van der Waals surface area (Å²) in [5.74, 6) is 1.51. The molecule has 258 valence electrons. The fraction of sp³-hybridized carbons (Fsp3) is 0.333. The van der Waals surface area contributed by atoms with Gasteiger partial charge in [0.05, 0.1) is 30.4 Å². The van der Waals surface area contributed by atoms with Crippen LogP contribution in [0.1, 0.15) is 66.5 Å². The second-order valence-electron chi connectivity index (χ2n) is 17.3. The third-order valence-corrected chi connectivity index (χ3v) is 11.6. The molecule has 4 nitrogen and oxygen atoms in total. The number of nitrogens with zero attached hydrogens (tertiary/aromatic N) is 3. The Morgan fingerprint density at radius 2 is 1.36 bits per heavy atom. The number of pyridine rings is 1. The molecule has 0 saturated heterocycles. The number of rotatable bonds is 7. The van der Waals surface area contributed by atoms with E-state index in [1.54, 1.807) is 0 Å². The van der Waals surface area contributed by atoms with Gasteiger partial charge in [-0.2, -0.15) is 0 Å². The predicted molar refractivity (Wildman–Crippen MR) is 216 cm³/mol. The molecule has 2 aromatic heterocycles. The highest BCUT2D eigenvalue weighted by atomic mass is 28.3. The average Bonchev–Trinajstić information content (AvgIpc) is 3.41. The van der Waals surface area contributed by atoms with Crippen molar-refractivity contribution < 1.29 is 5.11 Å². The normalized spacial score (nSPS) is 12.6. The van der Waals surface area contributed by atoms with Crippen molar-refractivity contribution in [1.29, 1.82) is 0 Å². The van der Waals surface area contributed by atoms with Crippen molar-refractivity contribution >= 4 is 24.3 Å². The summed E-state index contributed by atoms with van der Waals surface area (Å²) in [4.78, 5) is 10.4. The lowest BCUT2D eigenvalue weighted by atomic mass is 9.79. The number of hydrogen-bond donors (Lipinski definition) is 1. The number of hydrogen-bond acceptors (Lipinski definition) is 3. The van der Waals surface area contributed by atoms with Gasteiger partial charge in [0.1, 0.15) is 11.6 Å². The highest BCUT2D eigenvalue weighted by molar-refractivity contribution is 6.89. The van der Waals surface area contributed by atoms with Gasteiger partial charge in [-0.3, -0.25) is 4.98 Å². The van der Waals surface area contributed by atoms with Gasteiger partial charge in [-0.25, -0.2) is 4.98 Å². The van der Waals surface area contributed by atoms with Crippen molar-refractivity contribution in [2.45, 2.75) is 92.4 Å².